The van der Waals surface area contributed by atoms with Crippen LogP contribution in [0.5, 0.6) is 5.75 Å². The van der Waals surface area contributed by atoms with Crippen molar-refractivity contribution in [3.05, 3.63) is 53.9 Å². The molecule has 0 bridgehead atoms. The molecule has 5 rings (SSSR count). The Morgan fingerprint density at radius 2 is 2.17 bits per heavy atom. The normalized spacial score (nSPS) is 18.9. The van der Waals surface area contributed by atoms with Crippen molar-refractivity contribution in [3.63, 3.8) is 0 Å². The van der Waals surface area contributed by atoms with Crippen LogP contribution < -0.4 is 4.74 Å². The van der Waals surface area contributed by atoms with E-state index >= 15 is 0 Å². The molecule has 180 valence electrons. The lowest BCUT2D eigenvalue weighted by atomic mass is 10.0. The van der Waals surface area contributed by atoms with E-state index in [1.54, 1.807) is 11.8 Å². The number of aromatic amines is 1. The Morgan fingerprint density at radius 3 is 2.94 bits per heavy atom. The summed E-state index contributed by atoms with van der Waals surface area (Å²) >= 11 is 0. The van der Waals surface area contributed by atoms with Gasteiger partial charge in [-0.05, 0) is 29.3 Å². The fourth-order valence-electron chi connectivity index (χ4n) is 4.65. The van der Waals surface area contributed by atoms with Gasteiger partial charge >= 0.3 is 0 Å². The molecule has 1 unspecified atom stereocenters. The van der Waals surface area contributed by atoms with Crippen molar-refractivity contribution in [2.45, 2.75) is 19.4 Å². The molecule has 2 aliphatic rings. The van der Waals surface area contributed by atoms with Gasteiger partial charge in [0.25, 0.3) is 0 Å². The van der Waals surface area contributed by atoms with Crippen LogP contribution in [0.3, 0.4) is 0 Å². The molecule has 0 radical (unpaired) electrons. The van der Waals surface area contributed by atoms with Crippen molar-refractivity contribution < 1.29 is 14.3 Å². The number of nitrogens with zero attached hydrogens (tertiary/aromatic N) is 4. The van der Waals surface area contributed by atoms with Gasteiger partial charge in [-0.2, -0.15) is 5.26 Å². The summed E-state index contributed by atoms with van der Waals surface area (Å²) in [6, 6.07) is 10.1. The molecule has 1 aromatic carbocycles. The van der Waals surface area contributed by atoms with Crippen molar-refractivity contribution in [2.24, 2.45) is 0 Å². The molecule has 0 aliphatic carbocycles. The minimum atomic E-state index is -0.0963. The lowest BCUT2D eigenvalue weighted by Gasteiger charge is -2.25. The molecule has 8 heteroatoms. The van der Waals surface area contributed by atoms with E-state index in [1.807, 2.05) is 30.6 Å². The summed E-state index contributed by atoms with van der Waals surface area (Å²) in [5, 5.41) is 10.8. The Labute approximate surface area is 204 Å². The number of hydrogen-bond donors (Lipinski definition) is 1. The number of carbonyl (C=O) groups is 1. The first-order valence-electron chi connectivity index (χ1n) is 12.0. The minimum Gasteiger partial charge on any atom is -0.487 e. The highest BCUT2D eigenvalue weighted by atomic mass is 16.5. The Morgan fingerprint density at radius 1 is 1.31 bits per heavy atom. The van der Waals surface area contributed by atoms with Gasteiger partial charge < -0.3 is 19.4 Å². The molecule has 1 amide bonds. The summed E-state index contributed by atoms with van der Waals surface area (Å²) in [5.41, 5.74) is 4.23. The monoisotopic (exact) mass is 471 g/mol. The SMILES string of the molecule is CC(=O)N1CCC(Oc2ccc(-c3c[nH]c4ncc(C=CCN5CCOCC5)cc34)cc2C#N)C1. The largest absolute Gasteiger partial charge is 0.487 e. The van der Waals surface area contributed by atoms with Crippen LogP contribution in [0.4, 0.5) is 0 Å². The summed E-state index contributed by atoms with van der Waals surface area (Å²) in [4.78, 5) is 23.6. The van der Waals surface area contributed by atoms with E-state index in [-0.39, 0.29) is 12.0 Å². The Kier molecular flexibility index (Phi) is 6.80. The maximum absolute atomic E-state index is 11.6. The third-order valence-electron chi connectivity index (χ3n) is 6.62. The van der Waals surface area contributed by atoms with Crippen molar-refractivity contribution in [1.29, 1.82) is 5.26 Å². The zero-order chi connectivity index (χ0) is 24.2. The number of nitriles is 1. The molecule has 0 saturated carbocycles. The van der Waals surface area contributed by atoms with Gasteiger partial charge in [0.1, 0.15) is 23.6 Å². The molecule has 0 spiro atoms. The summed E-state index contributed by atoms with van der Waals surface area (Å²) in [6.07, 6.45) is 8.72. The summed E-state index contributed by atoms with van der Waals surface area (Å²) in [7, 11) is 0. The van der Waals surface area contributed by atoms with Crippen LogP contribution in [0.2, 0.25) is 0 Å². The molecule has 4 heterocycles. The molecule has 2 fully saturated rings. The molecule has 35 heavy (non-hydrogen) atoms. The van der Waals surface area contributed by atoms with Crippen LogP contribution in [-0.2, 0) is 9.53 Å². The van der Waals surface area contributed by atoms with Crippen LogP contribution in [0.15, 0.2) is 42.7 Å². The number of amides is 1. The Bertz CT molecular complexity index is 1290. The van der Waals surface area contributed by atoms with Crippen LogP contribution in [0, 0.1) is 11.3 Å². The van der Waals surface area contributed by atoms with E-state index in [9.17, 15) is 10.1 Å². The topological polar surface area (TPSA) is 94.5 Å². The number of likely N-dealkylation sites (tertiary alicyclic amines) is 1. The third kappa shape index (κ3) is 5.21. The number of H-pyrrole nitrogens is 1. The molecule has 2 aliphatic heterocycles. The van der Waals surface area contributed by atoms with Crippen molar-refractivity contribution in [3.8, 4) is 22.9 Å². The van der Waals surface area contributed by atoms with E-state index in [2.05, 4.69) is 39.2 Å². The van der Waals surface area contributed by atoms with Crippen molar-refractivity contribution in [1.82, 2.24) is 19.8 Å². The number of morpholine rings is 1. The van der Waals surface area contributed by atoms with Gasteiger partial charge in [0.2, 0.25) is 5.91 Å². The van der Waals surface area contributed by atoms with E-state index in [0.717, 1.165) is 67.0 Å². The number of aromatic nitrogens is 2. The Hall–Kier alpha value is -3.67. The molecule has 1 atom stereocenters. The van der Waals surface area contributed by atoms with Crippen LogP contribution in [0.1, 0.15) is 24.5 Å². The highest BCUT2D eigenvalue weighted by Crippen LogP contribution is 2.32. The number of carbonyl (C=O) groups excluding carboxylic acids is 1. The first kappa shape index (κ1) is 23.1. The van der Waals surface area contributed by atoms with E-state index < -0.39 is 0 Å². The minimum absolute atomic E-state index is 0.0511. The number of hydrogen-bond acceptors (Lipinski definition) is 6. The van der Waals surface area contributed by atoms with E-state index in [4.69, 9.17) is 9.47 Å². The number of pyridine rings is 1. The lowest BCUT2D eigenvalue weighted by Crippen LogP contribution is -2.36. The lowest BCUT2D eigenvalue weighted by molar-refractivity contribution is -0.128. The van der Waals surface area contributed by atoms with Gasteiger partial charge in [-0.3, -0.25) is 9.69 Å². The van der Waals surface area contributed by atoms with Crippen molar-refractivity contribution >= 4 is 23.0 Å². The highest BCUT2D eigenvalue weighted by molar-refractivity contribution is 5.95. The fraction of sp³-hybridized carbons (Fsp3) is 0.370. The summed E-state index contributed by atoms with van der Waals surface area (Å²) in [5.74, 6) is 0.603. The second-order valence-corrected chi connectivity index (χ2v) is 9.00. The van der Waals surface area contributed by atoms with Crippen LogP contribution in [0.25, 0.3) is 28.2 Å². The van der Waals surface area contributed by atoms with E-state index in [0.29, 0.717) is 24.4 Å². The van der Waals surface area contributed by atoms with Gasteiger partial charge in [0, 0.05) is 62.9 Å². The van der Waals surface area contributed by atoms with Gasteiger partial charge in [0.05, 0.1) is 25.3 Å². The molecular formula is C27H29N5O3. The number of benzene rings is 1. The summed E-state index contributed by atoms with van der Waals surface area (Å²) < 4.78 is 11.5. The number of ether oxygens (including phenoxy) is 2. The number of rotatable bonds is 6. The first-order valence-corrected chi connectivity index (χ1v) is 12.0. The second-order valence-electron chi connectivity index (χ2n) is 9.00. The van der Waals surface area contributed by atoms with E-state index in [1.165, 1.54) is 0 Å². The average Bonchev–Trinajstić information content (AvgIpc) is 3.52. The van der Waals surface area contributed by atoms with Crippen molar-refractivity contribution in [2.75, 3.05) is 45.9 Å². The summed E-state index contributed by atoms with van der Waals surface area (Å²) in [6.45, 7) is 7.20. The second kappa shape index (κ2) is 10.3. The molecule has 1 N–H and O–H groups in total. The smallest absolute Gasteiger partial charge is 0.219 e. The predicted molar refractivity (Wildman–Crippen MR) is 134 cm³/mol. The maximum Gasteiger partial charge on any atom is 0.219 e. The van der Waals surface area contributed by atoms with Crippen LogP contribution in [-0.4, -0.2) is 77.7 Å². The zero-order valence-electron chi connectivity index (χ0n) is 19.9. The highest BCUT2D eigenvalue weighted by Gasteiger charge is 2.26. The van der Waals surface area contributed by atoms with Gasteiger partial charge in [-0.25, -0.2) is 4.98 Å². The molecule has 8 nitrogen and oxygen atoms in total. The van der Waals surface area contributed by atoms with Gasteiger partial charge in [-0.1, -0.05) is 18.2 Å². The maximum atomic E-state index is 11.6. The molecule has 3 aromatic rings. The molecule has 2 saturated heterocycles. The predicted octanol–water partition coefficient (Wildman–Crippen LogP) is 3.45. The zero-order valence-corrected chi connectivity index (χ0v) is 19.9. The third-order valence-corrected chi connectivity index (χ3v) is 6.62. The van der Waals surface area contributed by atoms with Gasteiger partial charge in [0.15, 0.2) is 0 Å². The molecule has 2 aromatic heterocycles. The first-order chi connectivity index (χ1) is 17.1. The number of fused-ring (bicyclic) bond motifs is 1. The molecular weight excluding hydrogens is 442 g/mol. The number of nitrogens with one attached hydrogen (secondary N) is 1. The van der Waals surface area contributed by atoms with Gasteiger partial charge in [-0.15, -0.1) is 0 Å². The fourth-order valence-corrected chi connectivity index (χ4v) is 4.65. The standard InChI is InChI=1S/C27H29N5O3/c1-19(33)32-8-6-23(18-32)35-26-5-4-21(14-22(26)15-28)25-17-30-27-24(25)13-20(16-29-27)3-2-7-31-9-11-34-12-10-31/h2-5,13-14,16-17,23H,6-12,18H2,1H3,(H,29,30). The van der Waals surface area contributed by atoms with Crippen LogP contribution >= 0.6 is 0 Å². The Balaban J connectivity index is 1.34. The average molecular weight is 472 g/mol. The quantitative estimate of drug-likeness (QED) is 0.592.